The molecule has 0 unspecified atom stereocenters. The average molecular weight is 443 g/mol. The lowest BCUT2D eigenvalue weighted by Crippen LogP contribution is -2.03. The van der Waals surface area contributed by atoms with E-state index < -0.39 is 0 Å². The zero-order chi connectivity index (χ0) is 17.8. The summed E-state index contributed by atoms with van der Waals surface area (Å²) in [7, 11) is 0. The minimum Gasteiger partial charge on any atom is -0.490 e. The number of aromatic amines is 2. The monoisotopic (exact) mass is 441 g/mol. The number of anilines is 1. The summed E-state index contributed by atoms with van der Waals surface area (Å²) in [6, 6.07) is 9.69. The van der Waals surface area contributed by atoms with Crippen LogP contribution in [0.15, 0.2) is 39.6 Å². The van der Waals surface area contributed by atoms with Gasteiger partial charge in [-0.1, -0.05) is 0 Å². The topological polar surface area (TPSA) is 79.1 Å². The van der Waals surface area contributed by atoms with E-state index in [1.165, 1.54) is 0 Å². The summed E-state index contributed by atoms with van der Waals surface area (Å²) < 4.78 is 12.2. The Bertz CT molecular complexity index is 939. The van der Waals surface area contributed by atoms with Crippen LogP contribution >= 0.6 is 28.3 Å². The molecule has 0 bridgehead atoms. The zero-order valence-corrected chi connectivity index (χ0v) is 16.9. The van der Waals surface area contributed by atoms with Crippen molar-refractivity contribution >= 4 is 45.1 Å². The van der Waals surface area contributed by atoms with Crippen LogP contribution in [0.4, 0.5) is 5.69 Å². The predicted octanol–water partition coefficient (Wildman–Crippen LogP) is 4.45. The van der Waals surface area contributed by atoms with Crippen molar-refractivity contribution in [3.05, 3.63) is 50.9 Å². The molecule has 3 aromatic rings. The molecule has 0 aliphatic rings. The average Bonchev–Trinajstić information content (AvgIpc) is 2.95. The Morgan fingerprint density at radius 3 is 2.50 bits per heavy atom. The van der Waals surface area contributed by atoms with Crippen LogP contribution in [-0.2, 0) is 6.54 Å². The van der Waals surface area contributed by atoms with Crippen LogP contribution in [0, 0.1) is 0 Å². The van der Waals surface area contributed by atoms with E-state index in [-0.39, 0.29) is 18.1 Å². The summed E-state index contributed by atoms with van der Waals surface area (Å²) in [6.45, 7) is 5.65. The van der Waals surface area contributed by atoms with Crippen molar-refractivity contribution in [2.75, 3.05) is 18.5 Å². The van der Waals surface area contributed by atoms with E-state index in [0.717, 1.165) is 38.3 Å². The highest BCUT2D eigenvalue weighted by molar-refractivity contribution is 9.10. The maximum absolute atomic E-state index is 11.3. The fourth-order valence-corrected chi connectivity index (χ4v) is 3.22. The number of rotatable bonds is 7. The molecular weight excluding hydrogens is 422 g/mol. The second-order valence-corrected chi connectivity index (χ2v) is 6.32. The molecule has 0 saturated carbocycles. The maximum Gasteiger partial charge on any atom is 0.323 e. The molecule has 3 N–H and O–H groups in total. The van der Waals surface area contributed by atoms with Crippen LogP contribution in [0.2, 0.25) is 0 Å². The van der Waals surface area contributed by atoms with Crippen molar-refractivity contribution in [2.45, 2.75) is 20.4 Å². The molecule has 1 aromatic heterocycles. The third kappa shape index (κ3) is 4.53. The fourth-order valence-electron chi connectivity index (χ4n) is 2.62. The molecule has 0 aliphatic heterocycles. The fraction of sp³-hybridized carbons (Fsp3) is 0.278. The number of hydrogen-bond donors (Lipinski definition) is 3. The second-order valence-electron chi connectivity index (χ2n) is 5.46. The van der Waals surface area contributed by atoms with E-state index >= 15 is 0 Å². The zero-order valence-electron chi connectivity index (χ0n) is 14.5. The van der Waals surface area contributed by atoms with Gasteiger partial charge < -0.3 is 24.8 Å². The van der Waals surface area contributed by atoms with E-state index in [1.54, 1.807) is 0 Å². The summed E-state index contributed by atoms with van der Waals surface area (Å²) in [4.78, 5) is 16.8. The molecule has 0 fully saturated rings. The Morgan fingerprint density at radius 1 is 1.04 bits per heavy atom. The number of benzene rings is 2. The normalized spacial score (nSPS) is 10.4. The lowest BCUT2D eigenvalue weighted by Gasteiger charge is -2.15. The number of nitrogens with one attached hydrogen (secondary N) is 3. The molecular formula is C18H21BrClN3O3. The van der Waals surface area contributed by atoms with Crippen molar-refractivity contribution in [3.63, 3.8) is 0 Å². The summed E-state index contributed by atoms with van der Waals surface area (Å²) in [5.41, 5.74) is 3.34. The van der Waals surface area contributed by atoms with E-state index in [9.17, 15) is 4.79 Å². The molecule has 1 heterocycles. The molecule has 0 spiro atoms. The first kappa shape index (κ1) is 20.2. The molecule has 140 valence electrons. The number of aromatic nitrogens is 2. The third-order valence-corrected chi connectivity index (χ3v) is 4.26. The van der Waals surface area contributed by atoms with Gasteiger partial charge in [0.05, 0.1) is 28.7 Å². The van der Waals surface area contributed by atoms with Gasteiger partial charge in [0.1, 0.15) is 0 Å². The van der Waals surface area contributed by atoms with E-state index in [2.05, 4.69) is 31.2 Å². The molecule has 0 atom stereocenters. The predicted molar refractivity (Wildman–Crippen MR) is 110 cm³/mol. The number of imidazole rings is 1. The minimum absolute atomic E-state index is 0. The van der Waals surface area contributed by atoms with Gasteiger partial charge in [0.25, 0.3) is 0 Å². The van der Waals surface area contributed by atoms with Crippen molar-refractivity contribution < 1.29 is 9.47 Å². The largest absolute Gasteiger partial charge is 0.490 e. The SMILES string of the molecule is CCOc1cc(CNc2ccc3[nH]c(=O)[nH]c3c2)cc(Br)c1OCC.Cl. The highest BCUT2D eigenvalue weighted by Gasteiger charge is 2.12. The number of H-pyrrole nitrogens is 2. The molecule has 0 aliphatic carbocycles. The van der Waals surface area contributed by atoms with Crippen LogP contribution in [-0.4, -0.2) is 23.2 Å². The molecule has 2 aromatic carbocycles. The summed E-state index contributed by atoms with van der Waals surface area (Å²) in [5, 5.41) is 3.36. The Kier molecular flexibility index (Phi) is 6.99. The molecule has 0 amide bonds. The van der Waals surface area contributed by atoms with Gasteiger partial charge in [-0.05, 0) is 65.7 Å². The lowest BCUT2D eigenvalue weighted by atomic mass is 10.2. The van der Waals surface area contributed by atoms with Gasteiger partial charge in [-0.15, -0.1) is 12.4 Å². The van der Waals surface area contributed by atoms with Crippen LogP contribution in [0.25, 0.3) is 11.0 Å². The first-order valence-corrected chi connectivity index (χ1v) is 8.94. The van der Waals surface area contributed by atoms with Crippen LogP contribution in [0.5, 0.6) is 11.5 Å². The molecule has 0 saturated heterocycles. The molecule has 3 rings (SSSR count). The summed E-state index contributed by atoms with van der Waals surface area (Å²) >= 11 is 3.55. The lowest BCUT2D eigenvalue weighted by molar-refractivity contribution is 0.286. The van der Waals surface area contributed by atoms with Gasteiger partial charge in [-0.3, -0.25) is 0 Å². The molecule has 0 radical (unpaired) electrons. The van der Waals surface area contributed by atoms with Crippen LogP contribution < -0.4 is 20.5 Å². The van der Waals surface area contributed by atoms with E-state index in [0.29, 0.717) is 19.8 Å². The number of hydrogen-bond acceptors (Lipinski definition) is 4. The van der Waals surface area contributed by atoms with Crippen LogP contribution in [0.1, 0.15) is 19.4 Å². The first-order chi connectivity index (χ1) is 12.1. The maximum atomic E-state index is 11.3. The Morgan fingerprint density at radius 2 is 1.77 bits per heavy atom. The van der Waals surface area contributed by atoms with Gasteiger partial charge in [0.15, 0.2) is 11.5 Å². The standard InChI is InChI=1S/C18H20BrN3O3.ClH/c1-3-24-16-8-11(7-13(19)17(16)25-4-2)10-20-12-5-6-14-15(9-12)22-18(23)21-14;/h5-9,20H,3-4,10H2,1-2H3,(H2,21,22,23);1H. The van der Waals surface area contributed by atoms with Gasteiger partial charge >= 0.3 is 5.69 Å². The van der Waals surface area contributed by atoms with Crippen molar-refractivity contribution in [3.8, 4) is 11.5 Å². The van der Waals surface area contributed by atoms with Crippen molar-refractivity contribution in [2.24, 2.45) is 0 Å². The minimum atomic E-state index is -0.205. The quantitative estimate of drug-likeness (QED) is 0.505. The van der Waals surface area contributed by atoms with Gasteiger partial charge in [0, 0.05) is 12.2 Å². The second kappa shape index (κ2) is 9.00. The number of fused-ring (bicyclic) bond motifs is 1. The highest BCUT2D eigenvalue weighted by Crippen LogP contribution is 2.37. The smallest absolute Gasteiger partial charge is 0.323 e. The van der Waals surface area contributed by atoms with E-state index in [4.69, 9.17) is 9.47 Å². The van der Waals surface area contributed by atoms with Gasteiger partial charge in [0.2, 0.25) is 0 Å². The van der Waals surface area contributed by atoms with Crippen molar-refractivity contribution in [1.29, 1.82) is 0 Å². The summed E-state index contributed by atoms with van der Waals surface area (Å²) in [6.07, 6.45) is 0. The van der Waals surface area contributed by atoms with Crippen molar-refractivity contribution in [1.82, 2.24) is 9.97 Å². The van der Waals surface area contributed by atoms with E-state index in [1.807, 2.05) is 44.2 Å². The number of ether oxygens (including phenoxy) is 2. The Hall–Kier alpha value is -2.12. The summed E-state index contributed by atoms with van der Waals surface area (Å²) in [5.74, 6) is 1.44. The highest BCUT2D eigenvalue weighted by atomic mass is 79.9. The molecule has 6 nitrogen and oxygen atoms in total. The van der Waals surface area contributed by atoms with Gasteiger partial charge in [-0.2, -0.15) is 0 Å². The molecule has 26 heavy (non-hydrogen) atoms. The first-order valence-electron chi connectivity index (χ1n) is 8.14. The third-order valence-electron chi connectivity index (χ3n) is 3.67. The Labute approximate surface area is 165 Å². The number of halogens is 2. The Balaban J connectivity index is 0.00000243. The van der Waals surface area contributed by atoms with Gasteiger partial charge in [-0.25, -0.2) is 4.79 Å². The molecule has 8 heteroatoms. The van der Waals surface area contributed by atoms with Crippen LogP contribution in [0.3, 0.4) is 0 Å².